The standard InChI is InChI=1S/C23H29F2N5O2/c1-4-30-16(3)19(15(2)27-30)11-26-21(31)20-10-23(24,25)14-29(20)18-12-28(13-18)22(32)17-8-6-5-7-9-17/h5-9,18,20H,4,10-14H2,1-3H3,(H,26,31)/t20-/m0/s1. The fourth-order valence-electron chi connectivity index (χ4n) is 4.65. The Morgan fingerprint density at radius 1 is 1.19 bits per heavy atom. The van der Waals surface area contributed by atoms with Gasteiger partial charge in [-0.25, -0.2) is 8.78 Å². The van der Waals surface area contributed by atoms with Crippen LogP contribution in [-0.4, -0.2) is 69.0 Å². The molecule has 2 aliphatic rings. The average molecular weight is 446 g/mol. The monoisotopic (exact) mass is 445 g/mol. The number of amides is 2. The van der Waals surface area contributed by atoms with Gasteiger partial charge in [0, 0.05) is 55.5 Å². The van der Waals surface area contributed by atoms with Crippen molar-refractivity contribution in [3.05, 3.63) is 52.8 Å². The van der Waals surface area contributed by atoms with Crippen molar-refractivity contribution < 1.29 is 18.4 Å². The Bertz CT molecular complexity index is 1000. The molecule has 2 saturated heterocycles. The summed E-state index contributed by atoms with van der Waals surface area (Å²) in [5, 5.41) is 7.28. The van der Waals surface area contributed by atoms with E-state index in [0.29, 0.717) is 18.7 Å². The number of carbonyl (C=O) groups is 2. The first-order chi connectivity index (χ1) is 15.2. The largest absolute Gasteiger partial charge is 0.351 e. The number of hydrogen-bond donors (Lipinski definition) is 1. The number of rotatable bonds is 6. The van der Waals surface area contributed by atoms with Gasteiger partial charge in [0.2, 0.25) is 5.91 Å². The molecule has 2 aromatic rings. The highest BCUT2D eigenvalue weighted by molar-refractivity contribution is 5.94. The van der Waals surface area contributed by atoms with Crippen LogP contribution < -0.4 is 5.32 Å². The van der Waals surface area contributed by atoms with Crippen molar-refractivity contribution in [1.29, 1.82) is 0 Å². The Hall–Kier alpha value is -2.81. The maximum Gasteiger partial charge on any atom is 0.262 e. The first-order valence-electron chi connectivity index (χ1n) is 11.0. The zero-order chi connectivity index (χ0) is 23.0. The van der Waals surface area contributed by atoms with E-state index in [9.17, 15) is 18.4 Å². The SMILES string of the molecule is CCn1nc(C)c(CNC(=O)[C@@H]2CC(F)(F)CN2C2CN(C(=O)c3ccccc3)C2)c1C. The van der Waals surface area contributed by atoms with Crippen LogP contribution in [0.15, 0.2) is 30.3 Å². The highest BCUT2D eigenvalue weighted by Gasteiger charge is 2.52. The summed E-state index contributed by atoms with van der Waals surface area (Å²) in [5.41, 5.74) is 3.28. The fourth-order valence-corrected chi connectivity index (χ4v) is 4.65. The lowest BCUT2D eigenvalue weighted by Crippen LogP contribution is -2.63. The van der Waals surface area contributed by atoms with Crippen LogP contribution >= 0.6 is 0 Å². The van der Waals surface area contributed by atoms with E-state index in [4.69, 9.17) is 0 Å². The van der Waals surface area contributed by atoms with Crippen LogP contribution in [0.25, 0.3) is 0 Å². The molecule has 7 nitrogen and oxygen atoms in total. The second-order valence-corrected chi connectivity index (χ2v) is 8.66. The van der Waals surface area contributed by atoms with Gasteiger partial charge in [-0.15, -0.1) is 0 Å². The van der Waals surface area contributed by atoms with Crippen LogP contribution in [0.5, 0.6) is 0 Å². The van der Waals surface area contributed by atoms with Crippen molar-refractivity contribution in [2.24, 2.45) is 0 Å². The molecule has 32 heavy (non-hydrogen) atoms. The number of nitrogens with zero attached hydrogens (tertiary/aromatic N) is 4. The zero-order valence-electron chi connectivity index (χ0n) is 18.6. The molecule has 0 aliphatic carbocycles. The van der Waals surface area contributed by atoms with E-state index >= 15 is 0 Å². The van der Waals surface area contributed by atoms with Crippen LogP contribution in [0.3, 0.4) is 0 Å². The number of likely N-dealkylation sites (tertiary alicyclic amines) is 2. The van der Waals surface area contributed by atoms with Crippen LogP contribution in [0.4, 0.5) is 8.78 Å². The van der Waals surface area contributed by atoms with Gasteiger partial charge >= 0.3 is 0 Å². The van der Waals surface area contributed by atoms with Gasteiger partial charge in [0.25, 0.3) is 11.8 Å². The van der Waals surface area contributed by atoms with E-state index in [0.717, 1.165) is 23.5 Å². The van der Waals surface area contributed by atoms with Crippen molar-refractivity contribution in [2.75, 3.05) is 19.6 Å². The minimum Gasteiger partial charge on any atom is -0.351 e. The molecule has 1 aromatic carbocycles. The van der Waals surface area contributed by atoms with Crippen molar-refractivity contribution in [2.45, 2.75) is 58.3 Å². The minimum atomic E-state index is -2.93. The molecular weight excluding hydrogens is 416 g/mol. The van der Waals surface area contributed by atoms with Crippen molar-refractivity contribution in [3.8, 4) is 0 Å². The zero-order valence-corrected chi connectivity index (χ0v) is 18.6. The average Bonchev–Trinajstić information content (AvgIpc) is 3.20. The molecular formula is C23H29F2N5O2. The lowest BCUT2D eigenvalue weighted by Gasteiger charge is -2.45. The van der Waals surface area contributed by atoms with E-state index in [1.165, 1.54) is 0 Å². The summed E-state index contributed by atoms with van der Waals surface area (Å²) in [6.07, 6.45) is -0.506. The predicted molar refractivity (Wildman–Crippen MR) is 115 cm³/mol. The Morgan fingerprint density at radius 2 is 1.88 bits per heavy atom. The van der Waals surface area contributed by atoms with E-state index < -0.39 is 30.8 Å². The third-order valence-corrected chi connectivity index (χ3v) is 6.52. The molecule has 0 bridgehead atoms. The summed E-state index contributed by atoms with van der Waals surface area (Å²) in [7, 11) is 0. The van der Waals surface area contributed by atoms with Crippen LogP contribution in [-0.2, 0) is 17.9 Å². The van der Waals surface area contributed by atoms with Gasteiger partial charge in [0.15, 0.2) is 0 Å². The van der Waals surface area contributed by atoms with Gasteiger partial charge < -0.3 is 10.2 Å². The molecule has 0 saturated carbocycles. The van der Waals surface area contributed by atoms with E-state index in [2.05, 4.69) is 10.4 Å². The summed E-state index contributed by atoms with van der Waals surface area (Å²) in [6.45, 7) is 7.01. The number of carbonyl (C=O) groups excluding carboxylic acids is 2. The number of nitrogens with one attached hydrogen (secondary N) is 1. The van der Waals surface area contributed by atoms with Crippen molar-refractivity contribution in [1.82, 2.24) is 24.9 Å². The number of aryl methyl sites for hydroxylation is 2. The first-order valence-corrected chi connectivity index (χ1v) is 11.0. The molecule has 9 heteroatoms. The number of benzene rings is 1. The van der Waals surface area contributed by atoms with E-state index in [1.54, 1.807) is 34.1 Å². The topological polar surface area (TPSA) is 70.5 Å². The van der Waals surface area contributed by atoms with Gasteiger partial charge in [0.1, 0.15) is 0 Å². The van der Waals surface area contributed by atoms with Crippen molar-refractivity contribution in [3.63, 3.8) is 0 Å². The quantitative estimate of drug-likeness (QED) is 0.741. The lowest BCUT2D eigenvalue weighted by molar-refractivity contribution is -0.127. The van der Waals surface area contributed by atoms with Gasteiger partial charge in [0.05, 0.1) is 18.3 Å². The molecule has 0 radical (unpaired) electrons. The summed E-state index contributed by atoms with van der Waals surface area (Å²) in [4.78, 5) is 28.7. The molecule has 1 N–H and O–H groups in total. The second kappa shape index (κ2) is 8.61. The summed E-state index contributed by atoms with van der Waals surface area (Å²) >= 11 is 0. The highest BCUT2D eigenvalue weighted by Crippen LogP contribution is 2.36. The summed E-state index contributed by atoms with van der Waals surface area (Å²) in [6, 6.07) is 7.73. The molecule has 0 unspecified atom stereocenters. The minimum absolute atomic E-state index is 0.118. The molecule has 172 valence electrons. The third kappa shape index (κ3) is 4.26. The predicted octanol–water partition coefficient (Wildman–Crippen LogP) is 2.37. The Labute approximate surface area is 186 Å². The first kappa shape index (κ1) is 22.4. The normalized spacial score (nSPS) is 20.9. The Balaban J connectivity index is 1.39. The molecule has 0 spiro atoms. The fraction of sp³-hybridized carbons (Fsp3) is 0.522. The maximum absolute atomic E-state index is 14.3. The van der Waals surface area contributed by atoms with Gasteiger partial charge in [-0.2, -0.15) is 5.10 Å². The molecule has 1 aromatic heterocycles. The number of halogens is 2. The van der Waals surface area contributed by atoms with Crippen LogP contribution in [0.1, 0.15) is 40.7 Å². The van der Waals surface area contributed by atoms with E-state index in [1.807, 2.05) is 31.5 Å². The molecule has 2 amide bonds. The van der Waals surface area contributed by atoms with E-state index in [-0.39, 0.29) is 18.5 Å². The molecule has 4 rings (SSSR count). The lowest BCUT2D eigenvalue weighted by atomic mass is 10.0. The van der Waals surface area contributed by atoms with Gasteiger partial charge in [-0.05, 0) is 32.9 Å². The smallest absolute Gasteiger partial charge is 0.262 e. The second-order valence-electron chi connectivity index (χ2n) is 8.66. The molecule has 1 atom stereocenters. The number of aromatic nitrogens is 2. The Kier molecular flexibility index (Phi) is 6.03. The highest BCUT2D eigenvalue weighted by atomic mass is 19.3. The van der Waals surface area contributed by atoms with Gasteiger partial charge in [-0.3, -0.25) is 19.2 Å². The maximum atomic E-state index is 14.3. The third-order valence-electron chi connectivity index (χ3n) is 6.52. The van der Waals surface area contributed by atoms with Crippen LogP contribution in [0, 0.1) is 13.8 Å². The molecule has 2 fully saturated rings. The van der Waals surface area contributed by atoms with Crippen molar-refractivity contribution >= 4 is 11.8 Å². The molecule has 2 aliphatic heterocycles. The van der Waals surface area contributed by atoms with Crippen LogP contribution in [0.2, 0.25) is 0 Å². The van der Waals surface area contributed by atoms with Gasteiger partial charge in [-0.1, -0.05) is 18.2 Å². The summed E-state index contributed by atoms with van der Waals surface area (Å²) < 4.78 is 30.4. The Morgan fingerprint density at radius 3 is 2.50 bits per heavy atom. The number of hydrogen-bond acceptors (Lipinski definition) is 4. The number of alkyl halides is 2. The summed E-state index contributed by atoms with van der Waals surface area (Å²) in [5.74, 6) is -3.45. The molecule has 3 heterocycles.